The van der Waals surface area contributed by atoms with Gasteiger partial charge < -0.3 is 10.5 Å². The maximum Gasteiger partial charge on any atom is 0.339 e. The molecule has 0 aliphatic heterocycles. The number of imide groups is 1. The summed E-state index contributed by atoms with van der Waals surface area (Å²) in [5.41, 5.74) is 6.58. The molecule has 0 spiro atoms. The molecule has 144 valence electrons. The fraction of sp³-hybridized carbons (Fsp3) is 0.200. The van der Waals surface area contributed by atoms with Crippen molar-refractivity contribution in [2.24, 2.45) is 11.7 Å². The molecule has 7 nitrogen and oxygen atoms in total. The molecule has 0 radical (unpaired) electrons. The molecule has 0 saturated carbocycles. The average Bonchev–Trinajstić information content (AvgIpc) is 3.18. The Bertz CT molecular complexity index is 1030. The Morgan fingerprint density at radius 1 is 1.14 bits per heavy atom. The van der Waals surface area contributed by atoms with Crippen LogP contribution in [0.5, 0.6) is 0 Å². The van der Waals surface area contributed by atoms with Gasteiger partial charge in [0.1, 0.15) is 0 Å². The first-order chi connectivity index (χ1) is 13.4. The van der Waals surface area contributed by atoms with Gasteiger partial charge in [0.15, 0.2) is 6.10 Å². The van der Waals surface area contributed by atoms with Crippen LogP contribution in [0.15, 0.2) is 47.8 Å². The minimum absolute atomic E-state index is 0.298. The predicted molar refractivity (Wildman–Crippen MR) is 107 cm³/mol. The predicted octanol–water partition coefficient (Wildman–Crippen LogP) is 3.34. The molecule has 1 atom stereocenters. The van der Waals surface area contributed by atoms with Gasteiger partial charge in [0.2, 0.25) is 0 Å². The highest BCUT2D eigenvalue weighted by Gasteiger charge is 2.29. The van der Waals surface area contributed by atoms with Crippen molar-refractivity contribution in [3.63, 3.8) is 0 Å². The van der Waals surface area contributed by atoms with E-state index in [1.165, 1.54) is 11.3 Å². The zero-order chi connectivity index (χ0) is 20.3. The van der Waals surface area contributed by atoms with Gasteiger partial charge in [0, 0.05) is 5.39 Å². The quantitative estimate of drug-likeness (QED) is 0.642. The van der Waals surface area contributed by atoms with Gasteiger partial charge in [0.25, 0.3) is 5.91 Å². The molecule has 0 unspecified atom stereocenters. The van der Waals surface area contributed by atoms with Crippen molar-refractivity contribution in [1.82, 2.24) is 10.3 Å². The van der Waals surface area contributed by atoms with E-state index in [0.29, 0.717) is 22.2 Å². The summed E-state index contributed by atoms with van der Waals surface area (Å²) in [6, 6.07) is 11.7. The summed E-state index contributed by atoms with van der Waals surface area (Å²) in [6.07, 6.45) is -1.16. The van der Waals surface area contributed by atoms with Crippen LogP contribution in [0.4, 0.5) is 4.79 Å². The zero-order valence-corrected chi connectivity index (χ0v) is 16.2. The molecule has 0 aliphatic carbocycles. The second-order valence-electron chi connectivity index (χ2n) is 6.47. The highest BCUT2D eigenvalue weighted by molar-refractivity contribution is 7.13. The van der Waals surface area contributed by atoms with Crippen LogP contribution in [0.1, 0.15) is 24.2 Å². The molecule has 0 fully saturated rings. The van der Waals surface area contributed by atoms with E-state index in [-0.39, 0.29) is 5.92 Å². The van der Waals surface area contributed by atoms with Crippen LogP contribution < -0.4 is 11.1 Å². The average molecular weight is 397 g/mol. The number of primary amides is 1. The largest absolute Gasteiger partial charge is 0.448 e. The number of aromatic nitrogens is 1. The van der Waals surface area contributed by atoms with Gasteiger partial charge in [-0.3, -0.25) is 10.1 Å². The van der Waals surface area contributed by atoms with Crippen molar-refractivity contribution in [2.45, 2.75) is 20.0 Å². The number of nitrogens with one attached hydrogen (secondary N) is 1. The molecule has 3 aromatic rings. The molecular formula is C20H19N3O4S. The Morgan fingerprint density at radius 3 is 2.54 bits per heavy atom. The molecule has 0 saturated heterocycles. The molecule has 8 heteroatoms. The van der Waals surface area contributed by atoms with E-state index in [1.807, 2.05) is 35.0 Å². The molecule has 0 aliphatic rings. The number of para-hydroxylation sites is 1. The Labute approximate surface area is 165 Å². The summed E-state index contributed by atoms with van der Waals surface area (Å²) in [6.45, 7) is 3.42. The summed E-state index contributed by atoms with van der Waals surface area (Å²) in [5.74, 6) is -1.78. The van der Waals surface area contributed by atoms with E-state index in [0.717, 1.165) is 4.88 Å². The lowest BCUT2D eigenvalue weighted by atomic mass is 10.0. The van der Waals surface area contributed by atoms with E-state index in [4.69, 9.17) is 10.5 Å². The minimum Gasteiger partial charge on any atom is -0.448 e. The molecule has 3 rings (SSSR count). The summed E-state index contributed by atoms with van der Waals surface area (Å²) in [7, 11) is 0. The Hall–Kier alpha value is -3.26. The molecule has 3 N–H and O–H groups in total. The number of hydrogen-bond donors (Lipinski definition) is 2. The van der Waals surface area contributed by atoms with E-state index in [1.54, 1.807) is 32.0 Å². The maximum absolute atomic E-state index is 12.9. The Balaban J connectivity index is 2.00. The number of rotatable bonds is 5. The van der Waals surface area contributed by atoms with Crippen LogP contribution in [0, 0.1) is 5.92 Å². The lowest BCUT2D eigenvalue weighted by Gasteiger charge is -2.20. The summed E-state index contributed by atoms with van der Waals surface area (Å²) < 4.78 is 5.46. The number of pyridine rings is 1. The number of nitrogens with zero attached hydrogens (tertiary/aromatic N) is 1. The summed E-state index contributed by atoms with van der Waals surface area (Å²) in [4.78, 5) is 41.6. The summed E-state index contributed by atoms with van der Waals surface area (Å²) >= 11 is 1.51. The van der Waals surface area contributed by atoms with E-state index in [9.17, 15) is 14.4 Å². The number of carbonyl (C=O) groups is 3. The zero-order valence-electron chi connectivity index (χ0n) is 15.3. The molecular weight excluding hydrogens is 378 g/mol. The number of nitrogens with two attached hydrogens (primary N) is 1. The normalized spacial score (nSPS) is 12.0. The Morgan fingerprint density at radius 2 is 1.89 bits per heavy atom. The number of benzene rings is 1. The van der Waals surface area contributed by atoms with Crippen LogP contribution in [-0.2, 0) is 9.53 Å². The summed E-state index contributed by atoms with van der Waals surface area (Å²) in [5, 5.41) is 4.50. The van der Waals surface area contributed by atoms with Gasteiger partial charge in [-0.25, -0.2) is 14.6 Å². The lowest BCUT2D eigenvalue weighted by molar-refractivity contribution is -0.130. The highest BCUT2D eigenvalue weighted by atomic mass is 32.1. The number of thiophene rings is 1. The number of amides is 3. The van der Waals surface area contributed by atoms with Gasteiger partial charge in [-0.15, -0.1) is 11.3 Å². The van der Waals surface area contributed by atoms with Crippen LogP contribution in [0.3, 0.4) is 0 Å². The van der Waals surface area contributed by atoms with E-state index < -0.39 is 24.0 Å². The van der Waals surface area contributed by atoms with Crippen molar-refractivity contribution in [1.29, 1.82) is 0 Å². The van der Waals surface area contributed by atoms with Gasteiger partial charge in [0.05, 0.1) is 21.7 Å². The smallest absolute Gasteiger partial charge is 0.339 e. The molecule has 28 heavy (non-hydrogen) atoms. The number of ether oxygens (including phenoxy) is 1. The van der Waals surface area contributed by atoms with Crippen molar-refractivity contribution < 1.29 is 19.1 Å². The van der Waals surface area contributed by atoms with Crippen LogP contribution >= 0.6 is 11.3 Å². The maximum atomic E-state index is 12.9. The number of esters is 1. The minimum atomic E-state index is -1.16. The van der Waals surface area contributed by atoms with Crippen LogP contribution in [0.25, 0.3) is 21.5 Å². The third kappa shape index (κ3) is 4.17. The third-order valence-electron chi connectivity index (χ3n) is 4.05. The fourth-order valence-corrected chi connectivity index (χ4v) is 3.44. The van der Waals surface area contributed by atoms with Crippen molar-refractivity contribution in [3.05, 3.63) is 53.4 Å². The van der Waals surface area contributed by atoms with Gasteiger partial charge in [-0.2, -0.15) is 0 Å². The SMILES string of the molecule is CC(C)[C@H](OC(=O)c1cc(-c2cccs2)nc2ccccc12)C(=O)NC(N)=O. The van der Waals surface area contributed by atoms with Gasteiger partial charge in [-0.05, 0) is 29.5 Å². The number of carbonyl (C=O) groups excluding carboxylic acids is 3. The number of urea groups is 1. The van der Waals surface area contributed by atoms with Crippen LogP contribution in [0.2, 0.25) is 0 Å². The number of fused-ring (bicyclic) bond motifs is 1. The molecule has 3 amide bonds. The highest BCUT2D eigenvalue weighted by Crippen LogP contribution is 2.28. The van der Waals surface area contributed by atoms with Crippen molar-refractivity contribution >= 4 is 40.1 Å². The van der Waals surface area contributed by atoms with Gasteiger partial charge >= 0.3 is 12.0 Å². The molecule has 0 bridgehead atoms. The monoisotopic (exact) mass is 397 g/mol. The van der Waals surface area contributed by atoms with E-state index >= 15 is 0 Å². The van der Waals surface area contributed by atoms with Crippen LogP contribution in [-0.4, -0.2) is 29.0 Å². The molecule has 1 aromatic carbocycles. The lowest BCUT2D eigenvalue weighted by Crippen LogP contribution is -2.45. The Kier molecular flexibility index (Phi) is 5.70. The number of hydrogen-bond acceptors (Lipinski definition) is 6. The van der Waals surface area contributed by atoms with Crippen molar-refractivity contribution in [2.75, 3.05) is 0 Å². The fourth-order valence-electron chi connectivity index (χ4n) is 2.76. The topological polar surface area (TPSA) is 111 Å². The van der Waals surface area contributed by atoms with E-state index in [2.05, 4.69) is 4.98 Å². The molecule has 2 aromatic heterocycles. The molecule has 2 heterocycles. The third-order valence-corrected chi connectivity index (χ3v) is 4.95. The first-order valence-electron chi connectivity index (χ1n) is 8.61. The standard InChI is InChI=1S/C20H19N3O4S/c1-11(2)17(18(24)23-20(21)26)27-19(25)13-10-15(16-8-5-9-28-16)22-14-7-4-3-6-12(13)14/h3-11,17H,1-2H3,(H3,21,23,24,26)/t17-/m0/s1. The second-order valence-corrected chi connectivity index (χ2v) is 7.42. The van der Waals surface area contributed by atoms with Gasteiger partial charge in [-0.1, -0.05) is 38.1 Å². The first-order valence-corrected chi connectivity index (χ1v) is 9.49. The first kappa shape index (κ1) is 19.5. The van der Waals surface area contributed by atoms with Crippen molar-refractivity contribution in [3.8, 4) is 10.6 Å². The second kappa shape index (κ2) is 8.18.